The van der Waals surface area contributed by atoms with Gasteiger partial charge in [0, 0.05) is 36.5 Å². The molecule has 1 aromatic carbocycles. The predicted molar refractivity (Wildman–Crippen MR) is 125 cm³/mol. The fourth-order valence-electron chi connectivity index (χ4n) is 3.73. The molecule has 0 atom stereocenters. The Bertz CT molecular complexity index is 1580. The molecule has 0 aliphatic rings. The van der Waals surface area contributed by atoms with Crippen molar-refractivity contribution in [3.63, 3.8) is 0 Å². The van der Waals surface area contributed by atoms with Crippen LogP contribution in [0.15, 0.2) is 65.7 Å². The smallest absolute Gasteiger partial charge is 0.250 e. The zero-order chi connectivity index (χ0) is 23.8. The van der Waals surface area contributed by atoms with E-state index in [0.717, 1.165) is 5.56 Å². The number of halogens is 1. The first-order valence-corrected chi connectivity index (χ1v) is 10.4. The molecule has 5 rings (SSSR count). The summed E-state index contributed by atoms with van der Waals surface area (Å²) in [5.41, 5.74) is 9.51. The SMILES string of the molecule is COc1cnc(Cc2nc3c(-c4ccc(=O)n(C)c4)c(-c4ccccc4)nc(N)n3n2)c(F)c1. The number of ether oxygens (including phenoxy) is 1. The zero-order valence-corrected chi connectivity index (χ0v) is 18.4. The van der Waals surface area contributed by atoms with Crippen LogP contribution in [0.5, 0.6) is 5.75 Å². The summed E-state index contributed by atoms with van der Waals surface area (Å²) in [6, 6.07) is 14.0. The third-order valence-electron chi connectivity index (χ3n) is 5.43. The van der Waals surface area contributed by atoms with Gasteiger partial charge in [-0.3, -0.25) is 9.78 Å². The van der Waals surface area contributed by atoms with Gasteiger partial charge in [0.25, 0.3) is 0 Å². The Morgan fingerprint density at radius 1 is 1.09 bits per heavy atom. The van der Waals surface area contributed by atoms with Gasteiger partial charge in [-0.1, -0.05) is 30.3 Å². The van der Waals surface area contributed by atoms with Crippen LogP contribution in [0.3, 0.4) is 0 Å². The second kappa shape index (κ2) is 8.39. The van der Waals surface area contributed by atoms with E-state index >= 15 is 0 Å². The summed E-state index contributed by atoms with van der Waals surface area (Å²) in [6.07, 6.45) is 3.19. The van der Waals surface area contributed by atoms with E-state index < -0.39 is 5.82 Å². The highest BCUT2D eigenvalue weighted by molar-refractivity contribution is 5.90. The van der Waals surface area contributed by atoms with Crippen molar-refractivity contribution in [2.45, 2.75) is 6.42 Å². The minimum atomic E-state index is -0.521. The maximum atomic E-state index is 14.5. The van der Waals surface area contributed by atoms with Gasteiger partial charge in [-0.2, -0.15) is 4.52 Å². The number of aromatic nitrogens is 6. The van der Waals surface area contributed by atoms with E-state index in [9.17, 15) is 9.18 Å². The third-order valence-corrected chi connectivity index (χ3v) is 5.43. The van der Waals surface area contributed by atoms with E-state index in [2.05, 4.69) is 20.1 Å². The molecule has 0 unspecified atom stereocenters. The summed E-state index contributed by atoms with van der Waals surface area (Å²) in [6.45, 7) is 0. The number of aryl methyl sites for hydroxylation is 1. The van der Waals surface area contributed by atoms with Crippen molar-refractivity contribution in [3.8, 4) is 28.1 Å². The predicted octanol–water partition coefficient (Wildman–Crippen LogP) is 2.87. The summed E-state index contributed by atoms with van der Waals surface area (Å²) in [7, 11) is 3.12. The lowest BCUT2D eigenvalue weighted by atomic mass is 10.0. The van der Waals surface area contributed by atoms with Gasteiger partial charge >= 0.3 is 0 Å². The second-order valence-electron chi connectivity index (χ2n) is 7.67. The van der Waals surface area contributed by atoms with E-state index in [4.69, 9.17) is 10.5 Å². The number of anilines is 1. The molecular weight excluding hydrogens is 437 g/mol. The van der Waals surface area contributed by atoms with Crippen molar-refractivity contribution in [3.05, 3.63) is 88.6 Å². The number of benzene rings is 1. The van der Waals surface area contributed by atoms with Crippen LogP contribution in [-0.4, -0.2) is 36.2 Å². The summed E-state index contributed by atoms with van der Waals surface area (Å²) in [5, 5.41) is 4.46. The molecular formula is C24H20FN7O2. The number of fused-ring (bicyclic) bond motifs is 1. The van der Waals surface area contributed by atoms with Crippen molar-refractivity contribution in [1.82, 2.24) is 29.1 Å². The maximum Gasteiger partial charge on any atom is 0.250 e. The van der Waals surface area contributed by atoms with Crippen molar-refractivity contribution in [1.29, 1.82) is 0 Å². The van der Waals surface area contributed by atoms with Gasteiger partial charge in [0.15, 0.2) is 11.5 Å². The largest absolute Gasteiger partial charge is 0.495 e. The van der Waals surface area contributed by atoms with Gasteiger partial charge < -0.3 is 15.0 Å². The van der Waals surface area contributed by atoms with Crippen LogP contribution in [0.2, 0.25) is 0 Å². The van der Waals surface area contributed by atoms with Crippen LogP contribution in [0.25, 0.3) is 28.0 Å². The summed E-state index contributed by atoms with van der Waals surface area (Å²) < 4.78 is 22.4. The van der Waals surface area contributed by atoms with Crippen molar-refractivity contribution >= 4 is 11.6 Å². The maximum absolute atomic E-state index is 14.5. The molecule has 5 aromatic rings. The molecule has 0 radical (unpaired) electrons. The molecule has 0 saturated heterocycles. The minimum absolute atomic E-state index is 0.0460. The molecule has 34 heavy (non-hydrogen) atoms. The van der Waals surface area contributed by atoms with Gasteiger partial charge in [0.05, 0.1) is 36.7 Å². The molecule has 9 nitrogen and oxygen atoms in total. The Morgan fingerprint density at radius 2 is 1.88 bits per heavy atom. The highest BCUT2D eigenvalue weighted by Crippen LogP contribution is 2.34. The number of hydrogen-bond acceptors (Lipinski definition) is 7. The van der Waals surface area contributed by atoms with Crippen LogP contribution in [0.4, 0.5) is 10.3 Å². The molecule has 0 spiro atoms. The first-order chi connectivity index (χ1) is 16.4. The highest BCUT2D eigenvalue weighted by Gasteiger charge is 2.21. The van der Waals surface area contributed by atoms with Crippen molar-refractivity contribution in [2.24, 2.45) is 7.05 Å². The van der Waals surface area contributed by atoms with Gasteiger partial charge in [0.2, 0.25) is 11.5 Å². The quantitative estimate of drug-likeness (QED) is 0.432. The lowest BCUT2D eigenvalue weighted by molar-refractivity contribution is 0.408. The van der Waals surface area contributed by atoms with Crippen LogP contribution in [-0.2, 0) is 13.5 Å². The lowest BCUT2D eigenvalue weighted by Crippen LogP contribution is -2.14. The average molecular weight is 457 g/mol. The molecule has 4 aromatic heterocycles. The van der Waals surface area contributed by atoms with Crippen LogP contribution in [0, 0.1) is 5.82 Å². The summed E-state index contributed by atoms with van der Waals surface area (Å²) in [5.74, 6) is 0.250. The Kier molecular flexibility index (Phi) is 5.25. The van der Waals surface area contributed by atoms with E-state index in [1.54, 1.807) is 19.3 Å². The molecule has 4 heterocycles. The molecule has 0 saturated carbocycles. The Hall–Kier alpha value is -4.60. The van der Waals surface area contributed by atoms with E-state index in [1.165, 1.54) is 34.5 Å². The molecule has 0 amide bonds. The number of nitrogen functional groups attached to an aromatic ring is 1. The fourth-order valence-corrected chi connectivity index (χ4v) is 3.73. The topological polar surface area (TPSA) is 113 Å². The first-order valence-electron chi connectivity index (χ1n) is 10.4. The molecule has 2 N–H and O–H groups in total. The number of nitrogens with two attached hydrogens (primary N) is 1. The molecule has 10 heteroatoms. The Balaban J connectivity index is 1.72. The summed E-state index contributed by atoms with van der Waals surface area (Å²) >= 11 is 0. The Morgan fingerprint density at radius 3 is 2.59 bits per heavy atom. The number of nitrogens with zero attached hydrogens (tertiary/aromatic N) is 6. The number of rotatable bonds is 5. The minimum Gasteiger partial charge on any atom is -0.495 e. The monoisotopic (exact) mass is 457 g/mol. The zero-order valence-electron chi connectivity index (χ0n) is 18.4. The van der Waals surface area contributed by atoms with Crippen LogP contribution >= 0.6 is 0 Å². The van der Waals surface area contributed by atoms with Crippen LogP contribution in [0.1, 0.15) is 11.5 Å². The molecule has 0 aliphatic carbocycles. The number of pyridine rings is 2. The molecule has 0 bridgehead atoms. The van der Waals surface area contributed by atoms with Gasteiger partial charge in [-0.15, -0.1) is 5.10 Å². The summed E-state index contributed by atoms with van der Waals surface area (Å²) in [4.78, 5) is 25.4. The normalized spacial score (nSPS) is 11.1. The Labute approximate surface area is 193 Å². The molecule has 0 aliphatic heterocycles. The lowest BCUT2D eigenvalue weighted by Gasteiger charge is -2.12. The second-order valence-corrected chi connectivity index (χ2v) is 7.67. The molecule has 0 fully saturated rings. The fraction of sp³-hybridized carbons (Fsp3) is 0.125. The van der Waals surface area contributed by atoms with Gasteiger partial charge in [-0.25, -0.2) is 14.4 Å². The number of hydrogen-bond donors (Lipinski definition) is 1. The van der Waals surface area contributed by atoms with Crippen molar-refractivity contribution in [2.75, 3.05) is 12.8 Å². The van der Waals surface area contributed by atoms with E-state index in [-0.39, 0.29) is 23.6 Å². The number of methoxy groups -OCH3 is 1. The van der Waals surface area contributed by atoms with E-state index in [1.807, 2.05) is 30.3 Å². The molecule has 170 valence electrons. The average Bonchev–Trinajstić information content (AvgIpc) is 3.27. The standard InChI is InChI=1S/C24H20FN7O2/c1-31-13-15(8-9-20(31)33)21-22(14-6-4-3-5-7-14)29-24(26)32-23(21)28-19(30-32)11-18-17(25)10-16(34-2)12-27-18/h3-10,12-13H,11H2,1-2H3,(H2,26,29). The van der Waals surface area contributed by atoms with Gasteiger partial charge in [0.1, 0.15) is 11.6 Å². The third kappa shape index (κ3) is 3.75. The first kappa shape index (κ1) is 21.3. The van der Waals surface area contributed by atoms with Crippen LogP contribution < -0.4 is 16.0 Å². The highest BCUT2D eigenvalue weighted by atomic mass is 19.1. The van der Waals surface area contributed by atoms with Crippen molar-refractivity contribution < 1.29 is 9.13 Å². The van der Waals surface area contributed by atoms with Gasteiger partial charge in [-0.05, 0) is 6.07 Å². The van der Waals surface area contributed by atoms with E-state index in [0.29, 0.717) is 34.0 Å².